The minimum Gasteiger partial charge on any atom is -0.388 e. The van der Waals surface area contributed by atoms with Gasteiger partial charge < -0.3 is 14.7 Å². The summed E-state index contributed by atoms with van der Waals surface area (Å²) < 4.78 is 5.22. The first-order valence-electron chi connectivity index (χ1n) is 8.81. The van der Waals surface area contributed by atoms with E-state index in [1.165, 1.54) is 0 Å². The van der Waals surface area contributed by atoms with Crippen molar-refractivity contribution in [2.75, 3.05) is 13.7 Å². The summed E-state index contributed by atoms with van der Waals surface area (Å²) in [6.07, 6.45) is 1.93. The van der Waals surface area contributed by atoms with Crippen molar-refractivity contribution in [3.05, 3.63) is 71.3 Å². The third-order valence-corrected chi connectivity index (χ3v) is 4.87. The highest BCUT2D eigenvalue weighted by atomic mass is 16.5. The third-order valence-electron chi connectivity index (χ3n) is 4.87. The van der Waals surface area contributed by atoms with Crippen LogP contribution in [0.4, 0.5) is 0 Å². The van der Waals surface area contributed by atoms with E-state index in [-0.39, 0.29) is 11.9 Å². The lowest BCUT2D eigenvalue weighted by atomic mass is 9.99. The molecule has 0 radical (unpaired) electrons. The molecule has 1 amide bonds. The highest BCUT2D eigenvalue weighted by Crippen LogP contribution is 2.29. The minimum atomic E-state index is -0.547. The summed E-state index contributed by atoms with van der Waals surface area (Å²) in [5, 5.41) is 10.5. The minimum absolute atomic E-state index is 0.0374. The number of hydrogen-bond acceptors (Lipinski definition) is 3. The Bertz CT molecular complexity index is 701. The molecule has 2 aromatic carbocycles. The molecule has 1 saturated heterocycles. The van der Waals surface area contributed by atoms with Crippen LogP contribution in [-0.4, -0.2) is 35.6 Å². The van der Waals surface area contributed by atoms with Gasteiger partial charge in [0.2, 0.25) is 0 Å². The van der Waals surface area contributed by atoms with E-state index in [0.29, 0.717) is 18.6 Å². The number of ether oxygens (including phenoxy) is 1. The number of carbonyl (C=O) groups is 1. The van der Waals surface area contributed by atoms with E-state index in [2.05, 4.69) is 0 Å². The Morgan fingerprint density at radius 3 is 2.68 bits per heavy atom. The zero-order valence-corrected chi connectivity index (χ0v) is 14.6. The fourth-order valence-corrected chi connectivity index (χ4v) is 3.58. The van der Waals surface area contributed by atoms with Crippen molar-refractivity contribution in [2.45, 2.75) is 38.0 Å². The topological polar surface area (TPSA) is 49.8 Å². The van der Waals surface area contributed by atoms with Crippen molar-refractivity contribution >= 4 is 5.91 Å². The molecular formula is C21H25NO3. The lowest BCUT2D eigenvalue weighted by Crippen LogP contribution is -2.37. The number of rotatable bonds is 6. The van der Waals surface area contributed by atoms with E-state index in [9.17, 15) is 9.90 Å². The fraction of sp³-hybridized carbons (Fsp3) is 0.381. The first-order chi connectivity index (χ1) is 12.2. The van der Waals surface area contributed by atoms with Gasteiger partial charge in [0, 0.05) is 25.3 Å². The van der Waals surface area contributed by atoms with Gasteiger partial charge in [-0.1, -0.05) is 48.5 Å². The van der Waals surface area contributed by atoms with Crippen LogP contribution in [0.25, 0.3) is 0 Å². The van der Waals surface area contributed by atoms with Crippen LogP contribution in [0.5, 0.6) is 0 Å². The van der Waals surface area contributed by atoms with Crippen molar-refractivity contribution < 1.29 is 14.6 Å². The van der Waals surface area contributed by atoms with Crippen molar-refractivity contribution in [2.24, 2.45) is 0 Å². The van der Waals surface area contributed by atoms with Crippen molar-refractivity contribution in [3.63, 3.8) is 0 Å². The van der Waals surface area contributed by atoms with E-state index in [0.717, 1.165) is 30.5 Å². The summed E-state index contributed by atoms with van der Waals surface area (Å²) in [7, 11) is 1.64. The van der Waals surface area contributed by atoms with Gasteiger partial charge in [-0.05, 0) is 36.5 Å². The Kier molecular flexibility index (Phi) is 5.84. The zero-order valence-electron chi connectivity index (χ0n) is 14.6. The predicted molar refractivity (Wildman–Crippen MR) is 97.2 cm³/mol. The molecule has 0 saturated carbocycles. The molecule has 1 N–H and O–H groups in total. The molecule has 4 heteroatoms. The first-order valence-corrected chi connectivity index (χ1v) is 8.81. The number of carbonyl (C=O) groups excluding carboxylic acids is 1. The smallest absolute Gasteiger partial charge is 0.254 e. The van der Waals surface area contributed by atoms with E-state index in [1.54, 1.807) is 7.11 Å². The number of hydrogen-bond donors (Lipinski definition) is 1. The molecule has 0 aliphatic carbocycles. The summed E-state index contributed by atoms with van der Waals surface area (Å²) in [4.78, 5) is 15.0. The second kappa shape index (κ2) is 8.28. The van der Waals surface area contributed by atoms with E-state index >= 15 is 0 Å². The lowest BCUT2D eigenvalue weighted by molar-refractivity contribution is 0.0662. The number of likely N-dealkylation sites (tertiary alicyclic amines) is 1. The van der Waals surface area contributed by atoms with Gasteiger partial charge in [0.15, 0.2) is 0 Å². The number of nitrogens with zero attached hydrogens (tertiary/aromatic N) is 1. The molecule has 2 aromatic rings. The quantitative estimate of drug-likeness (QED) is 0.875. The lowest BCUT2D eigenvalue weighted by Gasteiger charge is -2.27. The number of aliphatic hydroxyl groups is 1. The molecule has 3 rings (SSSR count). The molecule has 25 heavy (non-hydrogen) atoms. The summed E-state index contributed by atoms with van der Waals surface area (Å²) in [6, 6.07) is 17.3. The second-order valence-electron chi connectivity index (χ2n) is 6.55. The maximum atomic E-state index is 13.1. The molecule has 0 aromatic heterocycles. The molecule has 4 nitrogen and oxygen atoms in total. The highest BCUT2D eigenvalue weighted by Gasteiger charge is 2.32. The summed E-state index contributed by atoms with van der Waals surface area (Å²) >= 11 is 0. The molecule has 0 spiro atoms. The Morgan fingerprint density at radius 2 is 1.92 bits per heavy atom. The molecule has 1 aliphatic rings. The Labute approximate surface area is 149 Å². The van der Waals surface area contributed by atoms with Crippen LogP contribution in [0.15, 0.2) is 54.6 Å². The summed E-state index contributed by atoms with van der Waals surface area (Å²) in [5.74, 6) is 0.0374. The van der Waals surface area contributed by atoms with Crippen LogP contribution >= 0.6 is 0 Å². The average molecular weight is 339 g/mol. The normalized spacial score (nSPS) is 18.3. The van der Waals surface area contributed by atoms with Crippen LogP contribution < -0.4 is 0 Å². The van der Waals surface area contributed by atoms with Crippen molar-refractivity contribution in [3.8, 4) is 0 Å². The molecule has 2 atom stereocenters. The maximum absolute atomic E-state index is 13.1. The monoisotopic (exact) mass is 339 g/mol. The fourth-order valence-electron chi connectivity index (χ4n) is 3.58. The first kappa shape index (κ1) is 17.6. The van der Waals surface area contributed by atoms with Crippen LogP contribution in [-0.2, 0) is 11.3 Å². The van der Waals surface area contributed by atoms with Gasteiger partial charge in [0.1, 0.15) is 0 Å². The summed E-state index contributed by atoms with van der Waals surface area (Å²) in [6.45, 7) is 1.17. The van der Waals surface area contributed by atoms with Crippen LogP contribution in [0, 0.1) is 0 Å². The molecular weight excluding hydrogens is 314 g/mol. The molecule has 1 aliphatic heterocycles. The van der Waals surface area contributed by atoms with Gasteiger partial charge in [-0.2, -0.15) is 0 Å². The Hall–Kier alpha value is -2.17. The number of amides is 1. The standard InChI is InChI=1S/C21H25NO3/c1-25-15-17-10-5-6-12-19(17)21(24)22-13-7-11-18(22)14-20(23)16-8-3-2-4-9-16/h2-6,8-10,12,18,20,23H,7,11,13-15H2,1H3. The van der Waals surface area contributed by atoms with E-state index in [4.69, 9.17) is 4.74 Å². The number of methoxy groups -OCH3 is 1. The molecule has 0 bridgehead atoms. The van der Waals surface area contributed by atoms with Gasteiger partial charge >= 0.3 is 0 Å². The molecule has 1 heterocycles. The highest BCUT2D eigenvalue weighted by molar-refractivity contribution is 5.96. The Balaban J connectivity index is 1.74. The zero-order chi connectivity index (χ0) is 17.6. The third kappa shape index (κ3) is 4.09. The van der Waals surface area contributed by atoms with Crippen LogP contribution in [0.1, 0.15) is 46.9 Å². The van der Waals surface area contributed by atoms with Gasteiger partial charge in [0.05, 0.1) is 12.7 Å². The van der Waals surface area contributed by atoms with Gasteiger partial charge in [-0.15, -0.1) is 0 Å². The SMILES string of the molecule is COCc1ccccc1C(=O)N1CCCC1CC(O)c1ccccc1. The van der Waals surface area contributed by atoms with E-state index < -0.39 is 6.10 Å². The van der Waals surface area contributed by atoms with Gasteiger partial charge in [-0.25, -0.2) is 0 Å². The molecule has 132 valence electrons. The van der Waals surface area contributed by atoms with Crippen molar-refractivity contribution in [1.82, 2.24) is 4.90 Å². The summed E-state index contributed by atoms with van der Waals surface area (Å²) in [5.41, 5.74) is 2.51. The van der Waals surface area contributed by atoms with Gasteiger partial charge in [0.25, 0.3) is 5.91 Å². The Morgan fingerprint density at radius 1 is 1.20 bits per heavy atom. The van der Waals surface area contributed by atoms with Crippen LogP contribution in [0.3, 0.4) is 0 Å². The second-order valence-corrected chi connectivity index (χ2v) is 6.55. The van der Waals surface area contributed by atoms with E-state index in [1.807, 2.05) is 59.5 Å². The number of aliphatic hydroxyl groups excluding tert-OH is 1. The number of benzene rings is 2. The van der Waals surface area contributed by atoms with Crippen LogP contribution in [0.2, 0.25) is 0 Å². The average Bonchev–Trinajstić information content (AvgIpc) is 3.10. The molecule has 2 unspecified atom stereocenters. The predicted octanol–water partition coefficient (Wildman–Crippen LogP) is 3.56. The van der Waals surface area contributed by atoms with Crippen molar-refractivity contribution in [1.29, 1.82) is 0 Å². The largest absolute Gasteiger partial charge is 0.388 e. The maximum Gasteiger partial charge on any atom is 0.254 e. The van der Waals surface area contributed by atoms with Gasteiger partial charge in [-0.3, -0.25) is 4.79 Å². The molecule has 1 fully saturated rings.